The summed E-state index contributed by atoms with van der Waals surface area (Å²) in [6.45, 7) is 4.53. The molecule has 1 aromatic carbocycles. The monoisotopic (exact) mass is 405 g/mol. The first-order valence-corrected chi connectivity index (χ1v) is 8.90. The van der Waals surface area contributed by atoms with Crippen LogP contribution in [0, 0.1) is 19.7 Å². The Hall–Kier alpha value is -3.00. The van der Waals surface area contributed by atoms with E-state index in [4.69, 9.17) is 11.6 Å². The second kappa shape index (κ2) is 7.20. The highest BCUT2D eigenvalue weighted by Crippen LogP contribution is 2.25. The number of amides is 4. The van der Waals surface area contributed by atoms with Crippen molar-refractivity contribution in [2.45, 2.75) is 20.8 Å². The second-order valence-electron chi connectivity index (χ2n) is 6.37. The van der Waals surface area contributed by atoms with Gasteiger partial charge in [0.05, 0.1) is 11.6 Å². The summed E-state index contributed by atoms with van der Waals surface area (Å²) in [5.74, 6) is -2.99. The molecule has 9 heteroatoms. The Bertz CT molecular complexity index is 1030. The van der Waals surface area contributed by atoms with Crippen LogP contribution in [-0.2, 0) is 9.59 Å². The van der Waals surface area contributed by atoms with E-state index in [0.717, 1.165) is 4.90 Å². The van der Waals surface area contributed by atoms with Crippen LogP contribution >= 0.6 is 11.6 Å². The van der Waals surface area contributed by atoms with Crippen LogP contribution in [0.5, 0.6) is 0 Å². The van der Waals surface area contributed by atoms with E-state index in [-0.39, 0.29) is 11.6 Å². The summed E-state index contributed by atoms with van der Waals surface area (Å²) in [6, 6.07) is 5.01. The fraction of sp³-hybridized carbons (Fsp3) is 0.263. The molecular weight excluding hydrogens is 389 g/mol. The highest BCUT2D eigenvalue weighted by molar-refractivity contribution is 6.45. The molecule has 1 fully saturated rings. The summed E-state index contributed by atoms with van der Waals surface area (Å²) in [5, 5.41) is -0.0516. The van der Waals surface area contributed by atoms with Crippen molar-refractivity contribution in [1.82, 2.24) is 14.4 Å². The number of urea groups is 1. The Labute approximate surface area is 165 Å². The Kier molecular flexibility index (Phi) is 5.08. The third-order valence-electron chi connectivity index (χ3n) is 4.65. The quantitative estimate of drug-likeness (QED) is 0.435. The molecule has 0 atom stereocenters. The number of Topliss-reactive ketones (excluding diaryl/α,β-unsaturated/α-hetero) is 1. The van der Waals surface area contributed by atoms with E-state index in [0.29, 0.717) is 27.5 Å². The minimum absolute atomic E-state index is 0.0495. The van der Waals surface area contributed by atoms with E-state index in [9.17, 15) is 23.6 Å². The minimum Gasteiger partial charge on any atom is -0.318 e. The van der Waals surface area contributed by atoms with Crippen LogP contribution in [0.1, 0.15) is 28.7 Å². The van der Waals surface area contributed by atoms with Gasteiger partial charge in [-0.05, 0) is 45.0 Å². The smallest absolute Gasteiger partial charge is 0.318 e. The zero-order valence-corrected chi connectivity index (χ0v) is 16.2. The Morgan fingerprint density at radius 2 is 1.71 bits per heavy atom. The highest BCUT2D eigenvalue weighted by atomic mass is 35.5. The van der Waals surface area contributed by atoms with Gasteiger partial charge < -0.3 is 4.57 Å². The van der Waals surface area contributed by atoms with Crippen molar-refractivity contribution in [1.29, 1.82) is 0 Å². The van der Waals surface area contributed by atoms with Crippen LogP contribution in [-0.4, -0.2) is 51.1 Å². The van der Waals surface area contributed by atoms with Gasteiger partial charge in [0, 0.05) is 29.2 Å². The fourth-order valence-electron chi connectivity index (χ4n) is 3.26. The largest absolute Gasteiger partial charge is 0.334 e. The first-order chi connectivity index (χ1) is 13.2. The maximum Gasteiger partial charge on any atom is 0.334 e. The Morgan fingerprint density at radius 3 is 2.29 bits per heavy atom. The number of halogens is 2. The maximum atomic E-state index is 13.4. The van der Waals surface area contributed by atoms with Crippen molar-refractivity contribution in [3.05, 3.63) is 52.1 Å². The average molecular weight is 406 g/mol. The third kappa shape index (κ3) is 3.09. The number of hydrogen-bond donors (Lipinski definition) is 0. The van der Waals surface area contributed by atoms with Crippen LogP contribution in [0.25, 0.3) is 5.69 Å². The van der Waals surface area contributed by atoms with Crippen molar-refractivity contribution in [2.75, 3.05) is 13.1 Å². The van der Waals surface area contributed by atoms with Gasteiger partial charge in [0.1, 0.15) is 5.82 Å². The van der Waals surface area contributed by atoms with Crippen molar-refractivity contribution >= 4 is 35.2 Å². The molecule has 0 radical (unpaired) electrons. The van der Waals surface area contributed by atoms with Gasteiger partial charge in [-0.1, -0.05) is 11.6 Å². The summed E-state index contributed by atoms with van der Waals surface area (Å²) in [4.78, 5) is 50.2. The molecule has 2 aromatic rings. The van der Waals surface area contributed by atoms with Gasteiger partial charge in [0.25, 0.3) is 0 Å². The van der Waals surface area contributed by atoms with E-state index in [1.54, 1.807) is 31.4 Å². The molecule has 0 N–H and O–H groups in total. The molecule has 0 aliphatic carbocycles. The number of aryl methyl sites for hydroxylation is 1. The van der Waals surface area contributed by atoms with E-state index < -0.39 is 36.0 Å². The van der Waals surface area contributed by atoms with Gasteiger partial charge >= 0.3 is 17.8 Å². The number of hydrogen-bond acceptors (Lipinski definition) is 4. The molecule has 1 aliphatic rings. The highest BCUT2D eigenvalue weighted by Gasteiger charge is 2.44. The van der Waals surface area contributed by atoms with E-state index in [2.05, 4.69) is 0 Å². The van der Waals surface area contributed by atoms with Crippen molar-refractivity contribution in [2.24, 2.45) is 0 Å². The zero-order valence-electron chi connectivity index (χ0n) is 15.5. The lowest BCUT2D eigenvalue weighted by molar-refractivity contribution is -0.143. The SMILES string of the molecule is CCN1C(=O)C(=O)N(CC(=O)c2cc(C)n(-c3ccc(F)c(Cl)c3)c2C)C1=O. The van der Waals surface area contributed by atoms with Gasteiger partial charge in [-0.2, -0.15) is 0 Å². The number of nitrogens with zero attached hydrogens (tertiary/aromatic N) is 3. The third-order valence-corrected chi connectivity index (χ3v) is 4.94. The van der Waals surface area contributed by atoms with Gasteiger partial charge in [-0.15, -0.1) is 0 Å². The lowest BCUT2D eigenvalue weighted by Gasteiger charge is -2.14. The molecule has 4 amide bonds. The number of aromatic nitrogens is 1. The molecule has 2 heterocycles. The number of imide groups is 2. The number of likely N-dealkylation sites (N-methyl/N-ethyl adjacent to an activating group) is 1. The normalized spacial score (nSPS) is 14.4. The number of benzene rings is 1. The number of carbonyl (C=O) groups excluding carboxylic acids is 4. The lowest BCUT2D eigenvalue weighted by atomic mass is 10.1. The maximum absolute atomic E-state index is 13.4. The van der Waals surface area contributed by atoms with Crippen LogP contribution in [0.2, 0.25) is 5.02 Å². The predicted molar refractivity (Wildman–Crippen MR) is 99.0 cm³/mol. The molecule has 0 bridgehead atoms. The van der Waals surface area contributed by atoms with E-state index >= 15 is 0 Å². The number of ketones is 1. The summed E-state index contributed by atoms with van der Waals surface area (Å²) in [7, 11) is 0. The molecule has 146 valence electrons. The van der Waals surface area contributed by atoms with Gasteiger partial charge in [0.2, 0.25) is 0 Å². The average Bonchev–Trinajstić information content (AvgIpc) is 3.05. The Balaban J connectivity index is 1.92. The van der Waals surface area contributed by atoms with Gasteiger partial charge in [-0.3, -0.25) is 19.3 Å². The number of carbonyl (C=O) groups is 4. The summed E-state index contributed by atoms with van der Waals surface area (Å²) in [5.41, 5.74) is 2.10. The second-order valence-corrected chi connectivity index (χ2v) is 6.77. The molecular formula is C19H17ClFN3O4. The summed E-state index contributed by atoms with van der Waals surface area (Å²) >= 11 is 5.85. The summed E-state index contributed by atoms with van der Waals surface area (Å²) < 4.78 is 15.2. The first-order valence-electron chi connectivity index (χ1n) is 8.52. The topological polar surface area (TPSA) is 79.7 Å². The predicted octanol–water partition coefficient (Wildman–Crippen LogP) is 2.88. The van der Waals surface area contributed by atoms with Crippen molar-refractivity contribution < 1.29 is 23.6 Å². The molecule has 0 spiro atoms. The molecule has 1 saturated heterocycles. The minimum atomic E-state index is -1.01. The van der Waals surface area contributed by atoms with Crippen LogP contribution in [0.4, 0.5) is 9.18 Å². The van der Waals surface area contributed by atoms with Gasteiger partial charge in [0.15, 0.2) is 5.78 Å². The van der Waals surface area contributed by atoms with Crippen LogP contribution in [0.15, 0.2) is 24.3 Å². The molecule has 28 heavy (non-hydrogen) atoms. The van der Waals surface area contributed by atoms with Gasteiger partial charge in [-0.25, -0.2) is 14.1 Å². The van der Waals surface area contributed by atoms with Crippen molar-refractivity contribution in [3.63, 3.8) is 0 Å². The zero-order chi connectivity index (χ0) is 20.7. The Morgan fingerprint density at radius 1 is 1.07 bits per heavy atom. The first kappa shape index (κ1) is 19.8. The molecule has 0 saturated carbocycles. The summed E-state index contributed by atoms with van der Waals surface area (Å²) in [6.07, 6.45) is 0. The fourth-order valence-corrected chi connectivity index (χ4v) is 3.44. The van der Waals surface area contributed by atoms with Crippen LogP contribution < -0.4 is 0 Å². The molecule has 3 rings (SSSR count). The lowest BCUT2D eigenvalue weighted by Crippen LogP contribution is -2.37. The standard InChI is InChI=1S/C19H17ClFN3O4/c1-4-22-17(26)18(27)23(19(22)28)9-16(25)13-7-10(2)24(11(13)3)12-5-6-15(21)14(20)8-12/h5-8H,4,9H2,1-3H3. The molecule has 1 aliphatic heterocycles. The van der Waals surface area contributed by atoms with Crippen molar-refractivity contribution in [3.8, 4) is 5.69 Å². The number of rotatable bonds is 5. The molecule has 1 aromatic heterocycles. The molecule has 7 nitrogen and oxygen atoms in total. The molecule has 0 unspecified atom stereocenters. The van der Waals surface area contributed by atoms with Crippen LogP contribution in [0.3, 0.4) is 0 Å². The van der Waals surface area contributed by atoms with E-state index in [1.807, 2.05) is 0 Å². The van der Waals surface area contributed by atoms with E-state index in [1.165, 1.54) is 18.2 Å².